The number of piperidine rings is 1. The quantitative estimate of drug-likeness (QED) is 0.810. The molecular weight excluding hydrogens is 252 g/mol. The van der Waals surface area contributed by atoms with Crippen LogP contribution in [0.2, 0.25) is 0 Å². The summed E-state index contributed by atoms with van der Waals surface area (Å²) in [4.78, 5) is 14.1. The zero-order valence-electron chi connectivity index (χ0n) is 12.2. The minimum atomic E-state index is -0.0189. The highest BCUT2D eigenvalue weighted by Crippen LogP contribution is 2.18. The molecule has 1 aromatic carbocycles. The first-order valence-corrected chi connectivity index (χ1v) is 7.47. The number of anilines is 1. The highest BCUT2D eigenvalue weighted by atomic mass is 16.5. The van der Waals surface area contributed by atoms with Crippen molar-refractivity contribution >= 4 is 11.7 Å². The molecule has 4 heteroatoms. The lowest BCUT2D eigenvalue weighted by atomic mass is 9.97. The largest absolute Gasteiger partial charge is 0.466 e. The molecule has 1 aliphatic rings. The fourth-order valence-electron chi connectivity index (χ4n) is 2.57. The first-order chi connectivity index (χ1) is 9.79. The third-order valence-electron chi connectivity index (χ3n) is 3.74. The van der Waals surface area contributed by atoms with E-state index in [1.165, 1.54) is 0 Å². The van der Waals surface area contributed by atoms with E-state index in [-0.39, 0.29) is 11.9 Å². The maximum absolute atomic E-state index is 11.7. The molecule has 0 atom stereocenters. The lowest BCUT2D eigenvalue weighted by Gasteiger charge is -2.30. The molecule has 0 unspecified atom stereocenters. The highest BCUT2D eigenvalue weighted by molar-refractivity contribution is 5.72. The molecule has 1 heterocycles. The summed E-state index contributed by atoms with van der Waals surface area (Å²) in [6.07, 6.45) is 1.84. The second-order valence-corrected chi connectivity index (χ2v) is 5.16. The summed E-state index contributed by atoms with van der Waals surface area (Å²) in [6, 6.07) is 10.2. The van der Waals surface area contributed by atoms with Crippen molar-refractivity contribution in [2.24, 2.45) is 5.92 Å². The molecule has 0 saturated carbocycles. The van der Waals surface area contributed by atoms with Crippen molar-refractivity contribution in [2.75, 3.05) is 38.1 Å². The van der Waals surface area contributed by atoms with Crippen molar-refractivity contribution in [3.8, 4) is 0 Å². The van der Waals surface area contributed by atoms with Crippen molar-refractivity contribution < 1.29 is 9.53 Å². The van der Waals surface area contributed by atoms with Gasteiger partial charge in [-0.1, -0.05) is 18.2 Å². The Morgan fingerprint density at radius 2 is 2.00 bits per heavy atom. The molecule has 0 radical (unpaired) electrons. The van der Waals surface area contributed by atoms with Gasteiger partial charge in [-0.15, -0.1) is 0 Å². The van der Waals surface area contributed by atoms with Gasteiger partial charge in [0, 0.05) is 18.8 Å². The summed E-state index contributed by atoms with van der Waals surface area (Å²) < 4.78 is 5.09. The molecular formula is C16H24N2O2. The molecule has 0 amide bonds. The predicted octanol–water partition coefficient (Wildman–Crippen LogP) is 2.37. The minimum Gasteiger partial charge on any atom is -0.466 e. The Morgan fingerprint density at radius 3 is 2.65 bits per heavy atom. The summed E-state index contributed by atoms with van der Waals surface area (Å²) in [5.74, 6) is 0.0860. The van der Waals surface area contributed by atoms with Crippen LogP contribution in [0.4, 0.5) is 5.69 Å². The highest BCUT2D eigenvalue weighted by Gasteiger charge is 2.25. The van der Waals surface area contributed by atoms with Gasteiger partial charge in [0.1, 0.15) is 0 Å². The van der Waals surface area contributed by atoms with Crippen LogP contribution in [-0.4, -0.2) is 43.7 Å². The number of esters is 1. The SMILES string of the molecule is CCOC(=O)C1CCN(CCNc2ccccc2)CC1. The third kappa shape index (κ3) is 4.53. The second kappa shape index (κ2) is 7.90. The van der Waals surface area contributed by atoms with Gasteiger partial charge >= 0.3 is 5.97 Å². The standard InChI is InChI=1S/C16H24N2O2/c1-2-20-16(19)14-8-11-18(12-9-14)13-10-17-15-6-4-3-5-7-15/h3-7,14,17H,2,8-13H2,1H3. The second-order valence-electron chi connectivity index (χ2n) is 5.16. The molecule has 0 aromatic heterocycles. The lowest BCUT2D eigenvalue weighted by molar-refractivity contribution is -0.149. The van der Waals surface area contributed by atoms with E-state index in [1.54, 1.807) is 0 Å². The molecule has 110 valence electrons. The van der Waals surface area contributed by atoms with Gasteiger partial charge in [0.25, 0.3) is 0 Å². The number of nitrogens with zero attached hydrogens (tertiary/aromatic N) is 1. The van der Waals surface area contributed by atoms with Gasteiger partial charge in [-0.2, -0.15) is 0 Å². The normalized spacial score (nSPS) is 16.9. The number of nitrogens with one attached hydrogen (secondary N) is 1. The fraction of sp³-hybridized carbons (Fsp3) is 0.562. The molecule has 1 aromatic rings. The van der Waals surface area contributed by atoms with Gasteiger partial charge in [0.2, 0.25) is 0 Å². The number of carbonyl (C=O) groups excluding carboxylic acids is 1. The molecule has 0 spiro atoms. The first-order valence-electron chi connectivity index (χ1n) is 7.47. The van der Waals surface area contributed by atoms with E-state index in [4.69, 9.17) is 4.74 Å². The van der Waals surface area contributed by atoms with E-state index >= 15 is 0 Å². The van der Waals surface area contributed by atoms with Gasteiger partial charge in [-0.05, 0) is 45.0 Å². The van der Waals surface area contributed by atoms with E-state index in [9.17, 15) is 4.79 Å². The van der Waals surface area contributed by atoms with E-state index in [0.29, 0.717) is 6.61 Å². The van der Waals surface area contributed by atoms with Crippen molar-refractivity contribution in [3.05, 3.63) is 30.3 Å². The molecule has 0 bridgehead atoms. The lowest BCUT2D eigenvalue weighted by Crippen LogP contribution is -2.39. The van der Waals surface area contributed by atoms with Crippen molar-refractivity contribution in [2.45, 2.75) is 19.8 Å². The van der Waals surface area contributed by atoms with Gasteiger partial charge in [0.05, 0.1) is 12.5 Å². The van der Waals surface area contributed by atoms with E-state index in [2.05, 4.69) is 22.3 Å². The molecule has 20 heavy (non-hydrogen) atoms. The number of para-hydroxylation sites is 1. The van der Waals surface area contributed by atoms with Crippen LogP contribution >= 0.6 is 0 Å². The van der Waals surface area contributed by atoms with Crippen LogP contribution in [0.15, 0.2) is 30.3 Å². The number of hydrogen-bond acceptors (Lipinski definition) is 4. The Balaban J connectivity index is 1.63. The molecule has 1 N–H and O–H groups in total. The third-order valence-corrected chi connectivity index (χ3v) is 3.74. The number of rotatable bonds is 6. The monoisotopic (exact) mass is 276 g/mol. The van der Waals surface area contributed by atoms with Crippen LogP contribution in [0.3, 0.4) is 0 Å². The fourth-order valence-corrected chi connectivity index (χ4v) is 2.57. The maximum atomic E-state index is 11.7. The Bertz CT molecular complexity index is 400. The van der Waals surface area contributed by atoms with E-state index in [0.717, 1.165) is 44.7 Å². The van der Waals surface area contributed by atoms with Gasteiger partial charge in [-0.3, -0.25) is 4.79 Å². The van der Waals surface area contributed by atoms with Gasteiger partial charge in [0.15, 0.2) is 0 Å². The Labute approximate surface area is 121 Å². The number of hydrogen-bond donors (Lipinski definition) is 1. The van der Waals surface area contributed by atoms with Crippen LogP contribution < -0.4 is 5.32 Å². The van der Waals surface area contributed by atoms with E-state index < -0.39 is 0 Å². The molecule has 2 rings (SSSR count). The average molecular weight is 276 g/mol. The van der Waals surface area contributed by atoms with Gasteiger partial charge in [-0.25, -0.2) is 0 Å². The minimum absolute atomic E-state index is 0.0189. The number of benzene rings is 1. The van der Waals surface area contributed by atoms with Crippen LogP contribution in [0.5, 0.6) is 0 Å². The number of carbonyl (C=O) groups is 1. The first kappa shape index (κ1) is 14.9. The van der Waals surface area contributed by atoms with E-state index in [1.807, 2.05) is 25.1 Å². The zero-order valence-corrected chi connectivity index (χ0v) is 12.2. The van der Waals surface area contributed by atoms with Crippen LogP contribution in [0.1, 0.15) is 19.8 Å². The molecule has 1 aliphatic heterocycles. The summed E-state index contributed by atoms with van der Waals surface area (Å²) in [6.45, 7) is 6.28. The van der Waals surface area contributed by atoms with Crippen molar-refractivity contribution in [1.82, 2.24) is 4.90 Å². The zero-order chi connectivity index (χ0) is 14.2. The molecule has 1 saturated heterocycles. The molecule has 0 aliphatic carbocycles. The Hall–Kier alpha value is -1.55. The maximum Gasteiger partial charge on any atom is 0.309 e. The number of ether oxygens (including phenoxy) is 1. The van der Waals surface area contributed by atoms with Crippen molar-refractivity contribution in [1.29, 1.82) is 0 Å². The Morgan fingerprint density at radius 1 is 1.30 bits per heavy atom. The van der Waals surface area contributed by atoms with Crippen LogP contribution in [-0.2, 0) is 9.53 Å². The van der Waals surface area contributed by atoms with Crippen molar-refractivity contribution in [3.63, 3.8) is 0 Å². The molecule has 1 fully saturated rings. The average Bonchev–Trinajstić information content (AvgIpc) is 2.49. The van der Waals surface area contributed by atoms with Crippen LogP contribution in [0, 0.1) is 5.92 Å². The summed E-state index contributed by atoms with van der Waals surface area (Å²) in [5.41, 5.74) is 1.16. The summed E-state index contributed by atoms with van der Waals surface area (Å²) >= 11 is 0. The smallest absolute Gasteiger partial charge is 0.309 e. The number of likely N-dealkylation sites (tertiary alicyclic amines) is 1. The molecule has 4 nitrogen and oxygen atoms in total. The van der Waals surface area contributed by atoms with Crippen LogP contribution in [0.25, 0.3) is 0 Å². The summed E-state index contributed by atoms with van der Waals surface area (Å²) in [5, 5.41) is 3.41. The summed E-state index contributed by atoms with van der Waals surface area (Å²) in [7, 11) is 0. The predicted molar refractivity (Wildman–Crippen MR) is 80.7 cm³/mol. The Kier molecular flexibility index (Phi) is 5.87. The van der Waals surface area contributed by atoms with Gasteiger partial charge < -0.3 is 15.0 Å². The topological polar surface area (TPSA) is 41.6 Å².